The van der Waals surface area contributed by atoms with Crippen LogP contribution in [0.1, 0.15) is 105 Å². The zero-order valence-corrected chi connectivity index (χ0v) is 32.5. The summed E-state index contributed by atoms with van der Waals surface area (Å²) < 4.78 is 6.56. The number of fused-ring (bicyclic) bond motifs is 3. The normalized spacial score (nSPS) is 12.6. The van der Waals surface area contributed by atoms with E-state index < -0.39 is 0 Å². The second-order valence-corrected chi connectivity index (χ2v) is 14.2. The van der Waals surface area contributed by atoms with Crippen LogP contribution in [0.5, 0.6) is 11.5 Å². The van der Waals surface area contributed by atoms with E-state index in [9.17, 15) is 9.90 Å². The number of aromatic nitrogens is 1. The minimum absolute atomic E-state index is 0. The van der Waals surface area contributed by atoms with Gasteiger partial charge in [-0.2, -0.15) is 0 Å². The maximum atomic E-state index is 12.0. The third kappa shape index (κ3) is 8.54. The summed E-state index contributed by atoms with van der Waals surface area (Å²) in [5, 5.41) is 14.5. The topological polar surface area (TPSA) is 59.4 Å². The third-order valence-electron chi connectivity index (χ3n) is 9.78. The molecule has 2 heterocycles. The molecule has 0 aliphatic carbocycles. The van der Waals surface area contributed by atoms with Crippen molar-refractivity contribution in [3.05, 3.63) is 77.2 Å². The van der Waals surface area contributed by atoms with Crippen LogP contribution in [0.25, 0.3) is 32.8 Å². The van der Waals surface area contributed by atoms with Gasteiger partial charge >= 0.3 is 0 Å². The van der Waals surface area contributed by atoms with Crippen molar-refractivity contribution in [2.24, 2.45) is 23.2 Å². The van der Waals surface area contributed by atoms with E-state index in [1.54, 1.807) is 0 Å². The summed E-state index contributed by atoms with van der Waals surface area (Å²) in [7, 11) is 0. The molecule has 5 heteroatoms. The zero-order chi connectivity index (χ0) is 33.8. The molecular weight excluding hydrogens is 759 g/mol. The fourth-order valence-electron chi connectivity index (χ4n) is 6.44. The summed E-state index contributed by atoms with van der Waals surface area (Å²) in [5.41, 5.74) is 5.49. The SMILES string of the molecule is CCC(CC)/C(O)=C/C(=O)C(C)(CC)CC.Cc1c2c([c-]c3ccc(CC(C)C)cc13)-c1nccc3cc(CC(C)C)cc(c13)O2.[Ir]. The number of hydrogen-bond donors (Lipinski definition) is 1. The van der Waals surface area contributed by atoms with Crippen LogP contribution in [0.2, 0.25) is 0 Å². The molecule has 0 spiro atoms. The van der Waals surface area contributed by atoms with Crippen LogP contribution in [0.3, 0.4) is 0 Å². The first-order chi connectivity index (χ1) is 21.8. The summed E-state index contributed by atoms with van der Waals surface area (Å²) in [6.45, 7) is 21.3. The van der Waals surface area contributed by atoms with E-state index in [-0.39, 0.29) is 43.0 Å². The molecule has 47 heavy (non-hydrogen) atoms. The number of aliphatic hydroxyl groups is 1. The predicted molar refractivity (Wildman–Crippen MR) is 194 cm³/mol. The smallest absolute Gasteiger partial charge is 0.164 e. The largest absolute Gasteiger partial charge is 0.512 e. The van der Waals surface area contributed by atoms with Gasteiger partial charge in [-0.1, -0.05) is 103 Å². The molecule has 4 nitrogen and oxygen atoms in total. The molecule has 5 rings (SSSR count). The van der Waals surface area contributed by atoms with E-state index in [4.69, 9.17) is 9.72 Å². The number of hydrogen-bond acceptors (Lipinski definition) is 4. The Morgan fingerprint density at radius 3 is 2.19 bits per heavy atom. The number of carbonyl (C=O) groups is 1. The fraction of sp³-hybridized carbons (Fsp3) is 0.476. The van der Waals surface area contributed by atoms with E-state index in [0.717, 1.165) is 72.1 Å². The van der Waals surface area contributed by atoms with E-state index in [0.29, 0.717) is 11.8 Å². The van der Waals surface area contributed by atoms with Crippen LogP contribution in [0, 0.1) is 36.2 Å². The van der Waals surface area contributed by atoms with Gasteiger partial charge in [-0.05, 0) is 80.4 Å². The van der Waals surface area contributed by atoms with E-state index in [1.165, 1.54) is 33.5 Å². The minimum atomic E-state index is -0.319. The summed E-state index contributed by atoms with van der Waals surface area (Å²) in [6.07, 6.45) is 8.86. The predicted octanol–water partition coefficient (Wildman–Crippen LogP) is 11.9. The Hall–Kier alpha value is -3.01. The van der Waals surface area contributed by atoms with E-state index in [1.807, 2.05) is 40.8 Å². The number of nitrogens with zero attached hydrogens (tertiary/aromatic N) is 1. The maximum Gasteiger partial charge on any atom is 0.164 e. The van der Waals surface area contributed by atoms with Gasteiger partial charge in [0.2, 0.25) is 0 Å². The van der Waals surface area contributed by atoms with Crippen LogP contribution in [0.4, 0.5) is 0 Å². The first-order valence-corrected chi connectivity index (χ1v) is 17.4. The fourth-order valence-corrected chi connectivity index (χ4v) is 6.44. The van der Waals surface area contributed by atoms with Crippen molar-refractivity contribution < 1.29 is 34.7 Å². The van der Waals surface area contributed by atoms with Crippen molar-refractivity contribution in [1.82, 2.24) is 4.98 Å². The summed E-state index contributed by atoms with van der Waals surface area (Å²) in [4.78, 5) is 16.8. The van der Waals surface area contributed by atoms with Gasteiger partial charge in [0.15, 0.2) is 5.78 Å². The van der Waals surface area contributed by atoms with Crippen molar-refractivity contribution in [3.63, 3.8) is 0 Å². The summed E-state index contributed by atoms with van der Waals surface area (Å²) >= 11 is 0. The number of aryl methyl sites for hydroxylation is 1. The van der Waals surface area contributed by atoms with Gasteiger partial charge in [-0.3, -0.25) is 9.78 Å². The monoisotopic (exact) mass is 813 g/mol. The number of carbonyl (C=O) groups excluding carboxylic acids is 1. The van der Waals surface area contributed by atoms with Crippen LogP contribution < -0.4 is 4.74 Å². The Labute approximate surface area is 296 Å². The number of allylic oxidation sites excluding steroid dienone is 2. The second-order valence-electron chi connectivity index (χ2n) is 14.2. The van der Waals surface area contributed by atoms with Crippen molar-refractivity contribution in [3.8, 4) is 22.8 Å². The maximum absolute atomic E-state index is 12.0. The Balaban J connectivity index is 0.000000304. The molecule has 0 saturated carbocycles. The molecule has 0 fully saturated rings. The van der Waals surface area contributed by atoms with Gasteiger partial charge in [-0.25, -0.2) is 0 Å². The third-order valence-corrected chi connectivity index (χ3v) is 9.78. The Morgan fingerprint density at radius 1 is 0.957 bits per heavy atom. The Bertz CT molecular complexity index is 1730. The molecule has 255 valence electrons. The van der Waals surface area contributed by atoms with Crippen LogP contribution in [-0.2, 0) is 37.7 Å². The summed E-state index contributed by atoms with van der Waals surface area (Å²) in [6, 6.07) is 16.9. The Kier molecular flexibility index (Phi) is 13.4. The van der Waals surface area contributed by atoms with E-state index in [2.05, 4.69) is 77.1 Å². The quantitative estimate of drug-likeness (QED) is 0.0820. The van der Waals surface area contributed by atoms with Gasteiger partial charge in [0.05, 0.1) is 11.5 Å². The van der Waals surface area contributed by atoms with Gasteiger partial charge in [0, 0.05) is 54.8 Å². The van der Waals surface area contributed by atoms with Gasteiger partial charge in [0.1, 0.15) is 5.75 Å². The number of ether oxygens (including phenoxy) is 1. The number of aliphatic hydroxyl groups excluding tert-OH is 1. The molecule has 1 N–H and O–H groups in total. The number of pyridine rings is 1. The number of benzene rings is 3. The zero-order valence-electron chi connectivity index (χ0n) is 30.1. The van der Waals surface area contributed by atoms with Crippen LogP contribution >= 0.6 is 0 Å². The average molecular weight is 813 g/mol. The Morgan fingerprint density at radius 2 is 1.60 bits per heavy atom. The molecule has 0 amide bonds. The average Bonchev–Trinajstić information content (AvgIpc) is 3.02. The minimum Gasteiger partial charge on any atom is -0.512 e. The van der Waals surface area contributed by atoms with Gasteiger partial charge < -0.3 is 9.84 Å². The second kappa shape index (κ2) is 16.4. The molecule has 1 radical (unpaired) electrons. The van der Waals surface area contributed by atoms with Crippen molar-refractivity contribution in [2.45, 2.75) is 108 Å². The molecule has 0 atom stereocenters. The number of ketones is 1. The van der Waals surface area contributed by atoms with Gasteiger partial charge in [0.25, 0.3) is 0 Å². The molecule has 1 aromatic heterocycles. The van der Waals surface area contributed by atoms with Gasteiger partial charge in [-0.15, -0.1) is 17.5 Å². The standard InChI is InChI=1S/C28H28NO.C14H26O2.Ir/c1-16(2)10-19-6-7-21-15-24-27-26-22(8-9-29-27)12-20(11-17(3)4)14-25(26)30-28(24)18(5)23(21)13-19;1-6-11(7-2)12(15)10-13(16)14(5,8-3)9-4;/h6-9,12-14,16-17H,10-11H2,1-5H3;10-11,15H,6-9H2,1-5H3;/q-1;;/b;12-10-;. The van der Waals surface area contributed by atoms with Crippen molar-refractivity contribution >= 4 is 27.3 Å². The molecule has 3 aromatic carbocycles. The van der Waals surface area contributed by atoms with Crippen molar-refractivity contribution in [1.29, 1.82) is 0 Å². The molecule has 0 unspecified atom stereocenters. The van der Waals surface area contributed by atoms with Crippen LogP contribution in [0.15, 0.2) is 54.4 Å². The van der Waals surface area contributed by atoms with Crippen molar-refractivity contribution in [2.75, 3.05) is 0 Å². The molecular formula is C42H54IrNO3-. The van der Waals surface area contributed by atoms with Crippen LogP contribution in [-0.4, -0.2) is 15.9 Å². The summed E-state index contributed by atoms with van der Waals surface area (Å²) in [5.74, 6) is 3.50. The number of rotatable bonds is 11. The van der Waals surface area contributed by atoms with E-state index >= 15 is 0 Å². The molecule has 1 aliphatic heterocycles. The first-order valence-electron chi connectivity index (χ1n) is 17.4. The molecule has 1 aliphatic rings. The first kappa shape index (κ1) is 38.4. The molecule has 4 aromatic rings. The molecule has 0 saturated heterocycles. The molecule has 0 bridgehead atoms.